The summed E-state index contributed by atoms with van der Waals surface area (Å²) in [5, 5.41) is 5.43. The molecule has 2 aromatic carbocycles. The molecule has 0 aliphatic rings. The number of esters is 1. The minimum absolute atomic E-state index is 0.169. The molecule has 0 aliphatic carbocycles. The van der Waals surface area contributed by atoms with Crippen molar-refractivity contribution in [2.24, 2.45) is 0 Å². The van der Waals surface area contributed by atoms with Gasteiger partial charge in [-0.1, -0.05) is 24.3 Å². The molecule has 0 saturated heterocycles. The number of hydrogen-bond donors (Lipinski definition) is 2. The molecule has 0 bridgehead atoms. The number of nitrogens with one attached hydrogen (secondary N) is 2. The fraction of sp³-hybridized carbons (Fsp3) is 0.240. The molecular weight excluding hydrogens is 424 g/mol. The van der Waals surface area contributed by atoms with Gasteiger partial charge in [-0.25, -0.2) is 4.79 Å². The molecule has 3 rings (SSSR count). The Bertz CT molecular complexity index is 1080. The van der Waals surface area contributed by atoms with Crippen LogP contribution < -0.4 is 15.4 Å². The first-order chi connectivity index (χ1) is 16.0. The molecule has 0 radical (unpaired) electrons. The molecule has 1 heterocycles. The average Bonchev–Trinajstić information content (AvgIpc) is 3.37. The standard InChI is InChI=1S/C25H26N2O6/c1-17(22-8-5-15-32-22)26-24(29)16-33-25(30)20-6-3-4-7-21(20)27-23(28)14-11-18-9-12-19(31-2)13-10-18/h3-10,12-13,15,17H,11,14,16H2,1-2H3,(H,26,29)(H,27,28). The van der Waals surface area contributed by atoms with E-state index in [1.165, 1.54) is 12.3 Å². The lowest BCUT2D eigenvalue weighted by Gasteiger charge is -2.13. The van der Waals surface area contributed by atoms with Crippen molar-refractivity contribution in [3.8, 4) is 5.75 Å². The molecule has 0 fully saturated rings. The Hall–Kier alpha value is -4.07. The molecule has 172 valence electrons. The first kappa shape index (κ1) is 23.6. The number of amides is 2. The maximum absolute atomic E-state index is 12.5. The van der Waals surface area contributed by atoms with Crippen molar-refractivity contribution in [2.45, 2.75) is 25.8 Å². The van der Waals surface area contributed by atoms with Crippen molar-refractivity contribution in [1.82, 2.24) is 5.32 Å². The summed E-state index contributed by atoms with van der Waals surface area (Å²) in [5.74, 6) is -0.0664. The lowest BCUT2D eigenvalue weighted by Crippen LogP contribution is -2.31. The molecule has 33 heavy (non-hydrogen) atoms. The number of carbonyl (C=O) groups is 3. The van der Waals surface area contributed by atoms with Crippen molar-refractivity contribution >= 4 is 23.5 Å². The van der Waals surface area contributed by atoms with Gasteiger partial charge < -0.3 is 24.5 Å². The number of anilines is 1. The van der Waals surface area contributed by atoms with Crippen LogP contribution in [0.2, 0.25) is 0 Å². The number of carbonyl (C=O) groups excluding carboxylic acids is 3. The highest BCUT2D eigenvalue weighted by Gasteiger charge is 2.17. The monoisotopic (exact) mass is 450 g/mol. The van der Waals surface area contributed by atoms with Crippen molar-refractivity contribution in [3.05, 3.63) is 83.8 Å². The molecule has 8 heteroatoms. The summed E-state index contributed by atoms with van der Waals surface area (Å²) in [5.41, 5.74) is 1.49. The van der Waals surface area contributed by atoms with Crippen LogP contribution in [0.15, 0.2) is 71.3 Å². The zero-order chi connectivity index (χ0) is 23.6. The summed E-state index contributed by atoms with van der Waals surface area (Å²) in [6.07, 6.45) is 2.29. The zero-order valence-corrected chi connectivity index (χ0v) is 18.5. The van der Waals surface area contributed by atoms with Gasteiger partial charge in [0, 0.05) is 6.42 Å². The van der Waals surface area contributed by atoms with Crippen LogP contribution in [-0.2, 0) is 20.7 Å². The summed E-state index contributed by atoms with van der Waals surface area (Å²) >= 11 is 0. The van der Waals surface area contributed by atoms with Crippen molar-refractivity contribution in [1.29, 1.82) is 0 Å². The van der Waals surface area contributed by atoms with Gasteiger partial charge in [-0.2, -0.15) is 0 Å². The van der Waals surface area contributed by atoms with Gasteiger partial charge in [-0.05, 0) is 55.3 Å². The summed E-state index contributed by atoms with van der Waals surface area (Å²) in [6.45, 7) is 1.30. The molecular formula is C25H26N2O6. The van der Waals surface area contributed by atoms with Crippen molar-refractivity contribution in [2.75, 3.05) is 19.0 Å². The number of rotatable bonds is 10. The number of methoxy groups -OCH3 is 1. The topological polar surface area (TPSA) is 107 Å². The number of hydrogen-bond acceptors (Lipinski definition) is 6. The highest BCUT2D eigenvalue weighted by molar-refractivity contribution is 6.01. The second-order valence-corrected chi connectivity index (χ2v) is 7.32. The van der Waals surface area contributed by atoms with Gasteiger partial charge in [0.25, 0.3) is 5.91 Å². The second-order valence-electron chi connectivity index (χ2n) is 7.32. The third kappa shape index (κ3) is 6.96. The minimum atomic E-state index is -0.707. The van der Waals surface area contributed by atoms with Gasteiger partial charge in [0.15, 0.2) is 6.61 Å². The quantitative estimate of drug-likeness (QED) is 0.454. The molecule has 1 aromatic heterocycles. The Kier molecular flexibility index (Phi) is 8.24. The number of para-hydroxylation sites is 1. The highest BCUT2D eigenvalue weighted by atomic mass is 16.5. The van der Waals surface area contributed by atoms with E-state index >= 15 is 0 Å². The van der Waals surface area contributed by atoms with Gasteiger partial charge in [-0.15, -0.1) is 0 Å². The Labute approximate surface area is 191 Å². The normalized spacial score (nSPS) is 11.3. The van der Waals surface area contributed by atoms with Gasteiger partial charge in [0.1, 0.15) is 11.5 Å². The van der Waals surface area contributed by atoms with Gasteiger partial charge >= 0.3 is 5.97 Å². The SMILES string of the molecule is COc1ccc(CCC(=O)Nc2ccccc2C(=O)OCC(=O)NC(C)c2ccco2)cc1. The maximum Gasteiger partial charge on any atom is 0.340 e. The summed E-state index contributed by atoms with van der Waals surface area (Å²) in [7, 11) is 1.60. The molecule has 0 aliphatic heterocycles. The van der Waals surface area contributed by atoms with Crippen molar-refractivity contribution < 1.29 is 28.3 Å². The van der Waals surface area contributed by atoms with Crippen LogP contribution in [0.25, 0.3) is 0 Å². The number of ether oxygens (including phenoxy) is 2. The van der Waals surface area contributed by atoms with E-state index in [2.05, 4.69) is 10.6 Å². The molecule has 2 N–H and O–H groups in total. The summed E-state index contributed by atoms with van der Waals surface area (Å²) in [4.78, 5) is 37.0. The first-order valence-corrected chi connectivity index (χ1v) is 10.5. The lowest BCUT2D eigenvalue weighted by molar-refractivity contribution is -0.125. The van der Waals surface area contributed by atoms with Crippen LogP contribution >= 0.6 is 0 Å². The molecule has 2 amide bonds. The fourth-order valence-electron chi connectivity index (χ4n) is 3.13. The predicted octanol–water partition coefficient (Wildman–Crippen LogP) is 3.89. The summed E-state index contributed by atoms with van der Waals surface area (Å²) < 4.78 is 15.5. The van der Waals surface area contributed by atoms with E-state index in [9.17, 15) is 14.4 Å². The number of aryl methyl sites for hydroxylation is 1. The molecule has 0 saturated carbocycles. The van der Waals surface area contributed by atoms with E-state index in [0.717, 1.165) is 11.3 Å². The van der Waals surface area contributed by atoms with E-state index in [1.54, 1.807) is 44.4 Å². The maximum atomic E-state index is 12.5. The predicted molar refractivity (Wildman–Crippen MR) is 122 cm³/mol. The molecule has 1 atom stereocenters. The molecule has 0 spiro atoms. The third-order valence-corrected chi connectivity index (χ3v) is 4.90. The Morgan fingerprint density at radius 2 is 1.73 bits per heavy atom. The van der Waals surface area contributed by atoms with Crippen molar-refractivity contribution in [3.63, 3.8) is 0 Å². The highest BCUT2D eigenvalue weighted by Crippen LogP contribution is 2.18. The van der Waals surface area contributed by atoms with E-state index < -0.39 is 18.5 Å². The smallest absolute Gasteiger partial charge is 0.340 e. The molecule has 3 aromatic rings. The largest absolute Gasteiger partial charge is 0.497 e. The first-order valence-electron chi connectivity index (χ1n) is 10.5. The lowest BCUT2D eigenvalue weighted by atomic mass is 10.1. The van der Waals surface area contributed by atoms with Crippen LogP contribution in [0.3, 0.4) is 0 Å². The van der Waals surface area contributed by atoms with Gasteiger partial charge in [-0.3, -0.25) is 9.59 Å². The van der Waals surface area contributed by atoms with E-state index in [-0.39, 0.29) is 23.9 Å². The fourth-order valence-corrected chi connectivity index (χ4v) is 3.13. The van der Waals surface area contributed by atoms with Crippen LogP contribution in [-0.4, -0.2) is 31.5 Å². The second kappa shape index (κ2) is 11.5. The van der Waals surface area contributed by atoms with E-state index in [4.69, 9.17) is 13.9 Å². The zero-order valence-electron chi connectivity index (χ0n) is 18.5. The Morgan fingerprint density at radius 3 is 2.42 bits per heavy atom. The van der Waals surface area contributed by atoms with E-state index in [0.29, 0.717) is 17.9 Å². The van der Waals surface area contributed by atoms with E-state index in [1.807, 2.05) is 24.3 Å². The van der Waals surface area contributed by atoms with Gasteiger partial charge in [0.05, 0.1) is 30.7 Å². The van der Waals surface area contributed by atoms with Crippen LogP contribution in [0.1, 0.15) is 41.1 Å². The minimum Gasteiger partial charge on any atom is -0.497 e. The number of furan rings is 1. The molecule has 8 nitrogen and oxygen atoms in total. The van der Waals surface area contributed by atoms with Crippen LogP contribution in [0, 0.1) is 0 Å². The Balaban J connectivity index is 1.51. The Morgan fingerprint density at radius 1 is 0.970 bits per heavy atom. The van der Waals surface area contributed by atoms with Crippen LogP contribution in [0.5, 0.6) is 5.75 Å². The van der Waals surface area contributed by atoms with Crippen LogP contribution in [0.4, 0.5) is 5.69 Å². The third-order valence-electron chi connectivity index (χ3n) is 4.90. The summed E-state index contributed by atoms with van der Waals surface area (Å²) in [6, 6.07) is 17.1. The van der Waals surface area contributed by atoms with Gasteiger partial charge in [0.2, 0.25) is 5.91 Å². The molecule has 1 unspecified atom stereocenters. The average molecular weight is 450 g/mol. The number of benzene rings is 2.